The third-order valence-corrected chi connectivity index (χ3v) is 7.95. The maximum Gasteiger partial charge on any atom is 0.317 e. The van der Waals surface area contributed by atoms with Crippen molar-refractivity contribution < 1.29 is 9.22 Å². The first-order valence-electron chi connectivity index (χ1n) is 7.59. The van der Waals surface area contributed by atoms with Crippen molar-refractivity contribution in [2.24, 2.45) is 0 Å². The predicted octanol–water partition coefficient (Wildman–Crippen LogP) is 3.20. The summed E-state index contributed by atoms with van der Waals surface area (Å²) >= 11 is 0. The number of nitrogens with zero attached hydrogens (tertiary/aromatic N) is 1. The Balaban J connectivity index is 2.46. The van der Waals surface area contributed by atoms with Crippen LogP contribution in [0.5, 0.6) is 0 Å². The highest BCUT2D eigenvalue weighted by atomic mass is 28.4. The van der Waals surface area contributed by atoms with Gasteiger partial charge in [-0.05, 0) is 25.1 Å². The molecule has 112 valence electrons. The van der Waals surface area contributed by atoms with Gasteiger partial charge in [0.05, 0.1) is 0 Å². The first kappa shape index (κ1) is 16.5. The van der Waals surface area contributed by atoms with Crippen LogP contribution >= 0.6 is 0 Å². The van der Waals surface area contributed by atoms with E-state index in [1.165, 1.54) is 25.7 Å². The molecule has 4 nitrogen and oxygen atoms in total. The number of carbonyl (C=O) groups is 1. The predicted molar refractivity (Wildman–Crippen MR) is 82.0 cm³/mol. The van der Waals surface area contributed by atoms with E-state index in [4.69, 9.17) is 4.43 Å². The second-order valence-electron chi connectivity index (χ2n) is 6.01. The van der Waals surface area contributed by atoms with Gasteiger partial charge in [-0.3, -0.25) is 0 Å². The van der Waals surface area contributed by atoms with Gasteiger partial charge in [-0.1, -0.05) is 32.6 Å². The lowest BCUT2D eigenvalue weighted by Gasteiger charge is -2.32. The third-order valence-electron chi connectivity index (χ3n) is 4.36. The zero-order chi connectivity index (χ0) is 14.3. The number of amides is 2. The van der Waals surface area contributed by atoms with Gasteiger partial charge in [0.2, 0.25) is 0 Å². The van der Waals surface area contributed by atoms with Crippen molar-refractivity contribution in [2.75, 3.05) is 26.7 Å². The van der Waals surface area contributed by atoms with Gasteiger partial charge in [0.15, 0.2) is 8.32 Å². The molecule has 0 aromatic rings. The number of urea groups is 1. The highest BCUT2D eigenvalue weighted by Crippen LogP contribution is 2.32. The number of unbranched alkanes of at least 4 members (excludes halogenated alkanes) is 2. The molecular weight excluding hydrogens is 256 g/mol. The van der Waals surface area contributed by atoms with Crippen LogP contribution in [-0.4, -0.2) is 46.0 Å². The molecule has 1 atom stereocenters. The monoisotopic (exact) mass is 286 g/mol. The summed E-state index contributed by atoms with van der Waals surface area (Å²) in [6, 6.07) is 0.101. The fourth-order valence-corrected chi connectivity index (χ4v) is 4.74. The first-order chi connectivity index (χ1) is 9.01. The van der Waals surface area contributed by atoms with Crippen LogP contribution < -0.4 is 5.32 Å². The van der Waals surface area contributed by atoms with E-state index in [9.17, 15) is 4.79 Å². The van der Waals surface area contributed by atoms with Crippen molar-refractivity contribution in [1.82, 2.24) is 10.2 Å². The molecular formula is C14H30N2O2Si. The summed E-state index contributed by atoms with van der Waals surface area (Å²) in [6.07, 6.45) is 6.18. The average molecular weight is 286 g/mol. The minimum absolute atomic E-state index is 0.101. The third kappa shape index (κ3) is 5.14. The number of hydrogen-bond acceptors (Lipinski definition) is 2. The van der Waals surface area contributed by atoms with Gasteiger partial charge in [-0.25, -0.2) is 4.79 Å². The molecule has 0 saturated carbocycles. The molecule has 0 radical (unpaired) electrons. The maximum absolute atomic E-state index is 11.6. The molecule has 0 aliphatic carbocycles. The molecule has 19 heavy (non-hydrogen) atoms. The SMILES string of the molecule is CCCCCC(CCN1CCNC1=O)[Si](C)(C)OC. The van der Waals surface area contributed by atoms with Gasteiger partial charge in [0, 0.05) is 26.7 Å². The summed E-state index contributed by atoms with van der Waals surface area (Å²) in [5.41, 5.74) is 0.650. The summed E-state index contributed by atoms with van der Waals surface area (Å²) in [4.78, 5) is 13.5. The summed E-state index contributed by atoms with van der Waals surface area (Å²) in [5.74, 6) is 0. The van der Waals surface area contributed by atoms with E-state index in [1.54, 1.807) is 0 Å². The maximum atomic E-state index is 11.6. The number of carbonyl (C=O) groups excluding carboxylic acids is 1. The highest BCUT2D eigenvalue weighted by molar-refractivity contribution is 6.72. The zero-order valence-electron chi connectivity index (χ0n) is 13.0. The van der Waals surface area contributed by atoms with Crippen LogP contribution in [0.25, 0.3) is 0 Å². The second-order valence-corrected chi connectivity index (χ2v) is 10.4. The Labute approximate surface area is 119 Å². The first-order valence-corrected chi connectivity index (χ1v) is 10.6. The van der Waals surface area contributed by atoms with Crippen molar-refractivity contribution in [1.29, 1.82) is 0 Å². The Morgan fingerprint density at radius 2 is 2.11 bits per heavy atom. The largest absolute Gasteiger partial charge is 0.420 e. The van der Waals surface area contributed by atoms with Crippen molar-refractivity contribution in [3.63, 3.8) is 0 Å². The van der Waals surface area contributed by atoms with E-state index in [0.29, 0.717) is 5.54 Å². The molecule has 1 fully saturated rings. The van der Waals surface area contributed by atoms with Crippen LogP contribution in [0.3, 0.4) is 0 Å². The van der Waals surface area contributed by atoms with Crippen molar-refractivity contribution in [2.45, 2.75) is 57.7 Å². The molecule has 0 bridgehead atoms. The van der Waals surface area contributed by atoms with Crippen molar-refractivity contribution >= 4 is 14.3 Å². The van der Waals surface area contributed by atoms with E-state index in [0.717, 1.165) is 26.1 Å². The van der Waals surface area contributed by atoms with E-state index in [2.05, 4.69) is 25.3 Å². The Bertz CT molecular complexity index is 285. The molecule has 0 spiro atoms. The fraction of sp³-hybridized carbons (Fsp3) is 0.929. The van der Waals surface area contributed by atoms with Crippen LogP contribution in [0.2, 0.25) is 18.6 Å². The molecule has 5 heteroatoms. The van der Waals surface area contributed by atoms with Crippen LogP contribution in [0, 0.1) is 0 Å². The Morgan fingerprint density at radius 3 is 2.63 bits per heavy atom. The Morgan fingerprint density at radius 1 is 1.37 bits per heavy atom. The van der Waals surface area contributed by atoms with Gasteiger partial charge in [-0.15, -0.1) is 0 Å². The van der Waals surface area contributed by atoms with Gasteiger partial charge >= 0.3 is 6.03 Å². The number of rotatable bonds is 9. The molecule has 1 unspecified atom stereocenters. The quantitative estimate of drug-likeness (QED) is 0.522. The summed E-state index contributed by atoms with van der Waals surface area (Å²) in [5, 5.41) is 2.87. The fourth-order valence-electron chi connectivity index (χ4n) is 2.68. The van der Waals surface area contributed by atoms with Crippen LogP contribution in [0.1, 0.15) is 39.0 Å². The molecule has 1 N–H and O–H groups in total. The van der Waals surface area contributed by atoms with Gasteiger partial charge in [-0.2, -0.15) is 0 Å². The molecule has 0 aromatic carbocycles. The molecule has 1 saturated heterocycles. The lowest BCUT2D eigenvalue weighted by atomic mass is 10.1. The van der Waals surface area contributed by atoms with Crippen LogP contribution in [0.15, 0.2) is 0 Å². The van der Waals surface area contributed by atoms with Crippen LogP contribution in [-0.2, 0) is 4.43 Å². The minimum Gasteiger partial charge on any atom is -0.420 e. The summed E-state index contributed by atoms with van der Waals surface area (Å²) < 4.78 is 5.79. The normalized spacial score (nSPS) is 17.7. The molecule has 2 amide bonds. The topological polar surface area (TPSA) is 41.6 Å². The molecule has 1 aliphatic rings. The van der Waals surface area contributed by atoms with E-state index in [-0.39, 0.29) is 6.03 Å². The summed E-state index contributed by atoms with van der Waals surface area (Å²) in [6.45, 7) is 9.37. The van der Waals surface area contributed by atoms with E-state index >= 15 is 0 Å². The van der Waals surface area contributed by atoms with E-state index in [1.807, 2.05) is 12.0 Å². The highest BCUT2D eigenvalue weighted by Gasteiger charge is 2.33. The summed E-state index contributed by atoms with van der Waals surface area (Å²) in [7, 11) is 0.240. The number of nitrogens with one attached hydrogen (secondary N) is 1. The molecule has 1 rings (SSSR count). The smallest absolute Gasteiger partial charge is 0.317 e. The standard InChI is InChI=1S/C14H30N2O2Si/c1-5-6-7-8-13(19(3,4)18-2)9-11-16-12-10-15-14(16)17/h13H,5-12H2,1-4H3,(H,15,17). The lowest BCUT2D eigenvalue weighted by Crippen LogP contribution is -2.38. The molecule has 0 aromatic heterocycles. The van der Waals surface area contributed by atoms with E-state index < -0.39 is 8.32 Å². The van der Waals surface area contributed by atoms with Gasteiger partial charge in [0.1, 0.15) is 0 Å². The Hall–Kier alpha value is -0.553. The van der Waals surface area contributed by atoms with Gasteiger partial charge in [0.25, 0.3) is 0 Å². The second kappa shape index (κ2) is 7.90. The molecule has 1 heterocycles. The van der Waals surface area contributed by atoms with Crippen LogP contribution in [0.4, 0.5) is 4.79 Å². The van der Waals surface area contributed by atoms with Gasteiger partial charge < -0.3 is 14.6 Å². The Kier molecular flexibility index (Phi) is 6.86. The zero-order valence-corrected chi connectivity index (χ0v) is 14.0. The number of hydrogen-bond donors (Lipinski definition) is 1. The average Bonchev–Trinajstić information content (AvgIpc) is 2.79. The molecule has 1 aliphatic heterocycles. The van der Waals surface area contributed by atoms with Crippen molar-refractivity contribution in [3.05, 3.63) is 0 Å². The van der Waals surface area contributed by atoms with Crippen molar-refractivity contribution in [3.8, 4) is 0 Å². The lowest BCUT2D eigenvalue weighted by molar-refractivity contribution is 0.215. The minimum atomic E-state index is -1.61.